The van der Waals surface area contributed by atoms with Crippen LogP contribution >= 0.6 is 0 Å². The summed E-state index contributed by atoms with van der Waals surface area (Å²) in [5, 5.41) is 0. The summed E-state index contributed by atoms with van der Waals surface area (Å²) in [6, 6.07) is 9.31. The molecule has 2 atom stereocenters. The fraction of sp³-hybridized carbons (Fsp3) is 0.684. The van der Waals surface area contributed by atoms with Crippen molar-refractivity contribution in [1.29, 1.82) is 0 Å². The Balaban J connectivity index is 1.92. The molecule has 2 saturated carbocycles. The molecule has 0 aromatic heterocycles. The molecule has 2 fully saturated rings. The molecule has 0 saturated heterocycles. The average molecular weight is 286 g/mol. The zero-order valence-electron chi connectivity index (χ0n) is 13.6. The van der Waals surface area contributed by atoms with Crippen molar-refractivity contribution in [3.8, 4) is 0 Å². The van der Waals surface area contributed by atoms with Crippen LogP contribution in [-0.4, -0.2) is 0 Å². The minimum atomic E-state index is 0.303. The molecule has 0 aliphatic heterocycles. The molecule has 2 aliphatic carbocycles. The Morgan fingerprint density at radius 3 is 2.48 bits per heavy atom. The predicted molar refractivity (Wildman–Crippen MR) is 88.8 cm³/mol. The van der Waals surface area contributed by atoms with Crippen molar-refractivity contribution >= 4 is 0 Å². The van der Waals surface area contributed by atoms with Gasteiger partial charge in [-0.2, -0.15) is 0 Å². The zero-order chi connectivity index (χ0) is 14.9. The standard InChI is InChI=1S/C19H30N2/c1-19(2)13-6-5-12-17(19)18(21-20)16-11-4-3-10-15(16)14-8-7-9-14/h3-4,10-11,14,17-18,21H,5-9,12-13,20H2,1-2H3. The van der Waals surface area contributed by atoms with Gasteiger partial charge in [0.25, 0.3) is 0 Å². The molecule has 116 valence electrons. The van der Waals surface area contributed by atoms with Gasteiger partial charge in [0.05, 0.1) is 0 Å². The van der Waals surface area contributed by atoms with Crippen molar-refractivity contribution in [3.63, 3.8) is 0 Å². The van der Waals surface area contributed by atoms with Crippen LogP contribution in [0.4, 0.5) is 0 Å². The number of hydrazine groups is 1. The second-order valence-corrected chi connectivity index (χ2v) is 7.74. The molecule has 2 aliphatic rings. The smallest absolute Gasteiger partial charge is 0.0496 e. The summed E-state index contributed by atoms with van der Waals surface area (Å²) >= 11 is 0. The first-order chi connectivity index (χ1) is 10.1. The van der Waals surface area contributed by atoms with E-state index in [9.17, 15) is 0 Å². The van der Waals surface area contributed by atoms with Crippen molar-refractivity contribution in [2.24, 2.45) is 17.2 Å². The molecule has 0 bridgehead atoms. The molecule has 21 heavy (non-hydrogen) atoms. The summed E-state index contributed by atoms with van der Waals surface area (Å²) in [5.74, 6) is 7.44. The van der Waals surface area contributed by atoms with Gasteiger partial charge in [-0.05, 0) is 54.1 Å². The van der Waals surface area contributed by atoms with Gasteiger partial charge in [0, 0.05) is 6.04 Å². The third-order valence-corrected chi connectivity index (χ3v) is 6.05. The number of nitrogens with two attached hydrogens (primary N) is 1. The molecule has 3 N–H and O–H groups in total. The maximum atomic E-state index is 6.04. The Labute approximate surface area is 129 Å². The highest BCUT2D eigenvalue weighted by Gasteiger charge is 2.39. The Bertz CT molecular complexity index is 476. The molecule has 1 aromatic rings. The summed E-state index contributed by atoms with van der Waals surface area (Å²) < 4.78 is 0. The van der Waals surface area contributed by atoms with Crippen molar-refractivity contribution in [2.75, 3.05) is 0 Å². The van der Waals surface area contributed by atoms with Crippen LogP contribution < -0.4 is 11.3 Å². The summed E-state index contributed by atoms with van der Waals surface area (Å²) in [6.45, 7) is 4.85. The third-order valence-electron chi connectivity index (χ3n) is 6.05. The van der Waals surface area contributed by atoms with E-state index in [1.807, 2.05) is 0 Å². The van der Waals surface area contributed by atoms with E-state index in [-0.39, 0.29) is 0 Å². The molecule has 3 rings (SSSR count). The average Bonchev–Trinajstić information content (AvgIpc) is 2.41. The fourth-order valence-electron chi connectivity index (χ4n) is 4.45. The molecule has 0 heterocycles. The van der Waals surface area contributed by atoms with Crippen LogP contribution in [0.25, 0.3) is 0 Å². The molecule has 0 spiro atoms. The van der Waals surface area contributed by atoms with Gasteiger partial charge in [0.15, 0.2) is 0 Å². The molecular weight excluding hydrogens is 256 g/mol. The monoisotopic (exact) mass is 286 g/mol. The SMILES string of the molecule is CC1(C)CCCCC1C(NN)c1ccccc1C1CCC1. The van der Waals surface area contributed by atoms with E-state index in [4.69, 9.17) is 5.84 Å². The third kappa shape index (κ3) is 2.89. The number of nitrogens with one attached hydrogen (secondary N) is 1. The normalized spacial score (nSPS) is 27.1. The van der Waals surface area contributed by atoms with Gasteiger partial charge in [-0.3, -0.25) is 11.3 Å². The highest BCUT2D eigenvalue weighted by molar-refractivity contribution is 5.35. The lowest BCUT2D eigenvalue weighted by Gasteiger charge is -2.44. The van der Waals surface area contributed by atoms with Crippen LogP contribution in [0, 0.1) is 11.3 Å². The molecule has 0 radical (unpaired) electrons. The second-order valence-electron chi connectivity index (χ2n) is 7.74. The van der Waals surface area contributed by atoms with Crippen LogP contribution in [0.15, 0.2) is 24.3 Å². The maximum absolute atomic E-state index is 6.04. The van der Waals surface area contributed by atoms with Gasteiger partial charge in [-0.15, -0.1) is 0 Å². The Kier molecular flexibility index (Phi) is 4.37. The van der Waals surface area contributed by atoms with Crippen molar-refractivity contribution in [1.82, 2.24) is 5.43 Å². The van der Waals surface area contributed by atoms with E-state index in [2.05, 4.69) is 43.5 Å². The maximum Gasteiger partial charge on any atom is 0.0496 e. The van der Waals surface area contributed by atoms with Gasteiger partial charge in [0.1, 0.15) is 0 Å². The molecular formula is C19H30N2. The first-order valence-corrected chi connectivity index (χ1v) is 8.68. The topological polar surface area (TPSA) is 38.0 Å². The summed E-state index contributed by atoms with van der Waals surface area (Å²) in [6.07, 6.45) is 9.41. The Morgan fingerprint density at radius 2 is 1.86 bits per heavy atom. The van der Waals surface area contributed by atoms with Crippen molar-refractivity contribution in [2.45, 2.75) is 70.8 Å². The van der Waals surface area contributed by atoms with E-state index in [1.54, 1.807) is 5.56 Å². The van der Waals surface area contributed by atoms with E-state index < -0.39 is 0 Å². The van der Waals surface area contributed by atoms with Gasteiger partial charge in [0.2, 0.25) is 0 Å². The molecule has 0 amide bonds. The molecule has 2 heteroatoms. The molecule has 2 nitrogen and oxygen atoms in total. The summed E-state index contributed by atoms with van der Waals surface area (Å²) in [7, 11) is 0. The quantitative estimate of drug-likeness (QED) is 0.623. The largest absolute Gasteiger partial charge is 0.271 e. The van der Waals surface area contributed by atoms with Gasteiger partial charge in [-0.25, -0.2) is 0 Å². The van der Waals surface area contributed by atoms with Gasteiger partial charge in [-0.1, -0.05) is 57.4 Å². The summed E-state index contributed by atoms with van der Waals surface area (Å²) in [5.41, 5.74) is 6.58. The highest BCUT2D eigenvalue weighted by Crippen LogP contribution is 2.48. The van der Waals surface area contributed by atoms with E-state index in [0.717, 1.165) is 5.92 Å². The number of benzene rings is 1. The minimum Gasteiger partial charge on any atom is -0.271 e. The van der Waals surface area contributed by atoms with Crippen LogP contribution in [0.1, 0.15) is 81.9 Å². The zero-order valence-corrected chi connectivity index (χ0v) is 13.6. The lowest BCUT2D eigenvalue weighted by atomic mass is 9.64. The number of hydrogen-bond acceptors (Lipinski definition) is 2. The van der Waals surface area contributed by atoms with Crippen LogP contribution in [0.2, 0.25) is 0 Å². The molecule has 2 unspecified atom stereocenters. The number of hydrogen-bond donors (Lipinski definition) is 2. The van der Waals surface area contributed by atoms with Crippen LogP contribution in [0.3, 0.4) is 0 Å². The van der Waals surface area contributed by atoms with Crippen molar-refractivity contribution in [3.05, 3.63) is 35.4 Å². The summed E-state index contributed by atoms with van der Waals surface area (Å²) in [4.78, 5) is 0. The van der Waals surface area contributed by atoms with E-state index in [0.29, 0.717) is 17.4 Å². The number of rotatable bonds is 4. The van der Waals surface area contributed by atoms with E-state index >= 15 is 0 Å². The first kappa shape index (κ1) is 15.1. The van der Waals surface area contributed by atoms with Gasteiger partial charge >= 0.3 is 0 Å². The Hall–Kier alpha value is -0.860. The van der Waals surface area contributed by atoms with Crippen molar-refractivity contribution < 1.29 is 0 Å². The first-order valence-electron chi connectivity index (χ1n) is 8.68. The predicted octanol–water partition coefficient (Wildman–Crippen LogP) is 4.67. The van der Waals surface area contributed by atoms with Gasteiger partial charge < -0.3 is 0 Å². The van der Waals surface area contributed by atoms with Crippen LogP contribution in [0.5, 0.6) is 0 Å². The minimum absolute atomic E-state index is 0.303. The highest BCUT2D eigenvalue weighted by atomic mass is 15.2. The second kappa shape index (κ2) is 6.10. The lowest BCUT2D eigenvalue weighted by Crippen LogP contribution is -2.42. The van der Waals surface area contributed by atoms with E-state index in [1.165, 1.54) is 50.5 Å². The van der Waals surface area contributed by atoms with Crippen LogP contribution in [-0.2, 0) is 0 Å². The fourth-order valence-corrected chi connectivity index (χ4v) is 4.45. The lowest BCUT2D eigenvalue weighted by molar-refractivity contribution is 0.0975. The Morgan fingerprint density at radius 1 is 1.10 bits per heavy atom. The molecule has 1 aromatic carbocycles.